The minimum Gasteiger partial charge on any atom is -0.480 e. The van der Waals surface area contributed by atoms with Gasteiger partial charge in [0.25, 0.3) is 0 Å². The second kappa shape index (κ2) is 6.26. The normalized spacial score (nSPS) is 22.6. The van der Waals surface area contributed by atoms with E-state index in [9.17, 15) is 0 Å². The number of piperidine rings is 1. The van der Waals surface area contributed by atoms with Crippen molar-refractivity contribution in [3.05, 3.63) is 10.7 Å². The Hall–Kier alpha value is -0.880. The van der Waals surface area contributed by atoms with Gasteiger partial charge < -0.3 is 15.0 Å². The lowest BCUT2D eigenvalue weighted by atomic mass is 9.99. The second-order valence-corrected chi connectivity index (χ2v) is 6.48. The van der Waals surface area contributed by atoms with Crippen LogP contribution in [0.1, 0.15) is 25.7 Å². The Morgan fingerprint density at radius 2 is 2.30 bits per heavy atom. The molecule has 3 rings (SSSR count). The van der Waals surface area contributed by atoms with Crippen LogP contribution in [0.15, 0.2) is 10.7 Å². The number of methoxy groups -OCH3 is 1. The first kappa shape index (κ1) is 14.1. The number of hydrogen-bond donors (Lipinski definition) is 1. The molecule has 1 aliphatic carbocycles. The second-order valence-electron chi connectivity index (χ2n) is 5.62. The quantitative estimate of drug-likeness (QED) is 0.890. The standard InChI is InChI=1S/C14H21BrN4O/c1-20-13-12(15)8-17-14(18-13)19(11-4-5-11)9-10-3-2-6-16-7-10/h8,10-11,16H,2-7,9H2,1H3. The van der Waals surface area contributed by atoms with E-state index in [2.05, 4.69) is 36.1 Å². The molecule has 5 nitrogen and oxygen atoms in total. The third kappa shape index (κ3) is 3.23. The fraction of sp³-hybridized carbons (Fsp3) is 0.714. The highest BCUT2D eigenvalue weighted by Crippen LogP contribution is 2.33. The van der Waals surface area contributed by atoms with Gasteiger partial charge in [0.1, 0.15) is 0 Å². The zero-order valence-electron chi connectivity index (χ0n) is 11.8. The molecule has 2 aliphatic rings. The number of halogens is 1. The third-order valence-corrected chi connectivity index (χ3v) is 4.53. The number of aromatic nitrogens is 2. The molecule has 1 aromatic rings. The summed E-state index contributed by atoms with van der Waals surface area (Å²) in [6, 6.07) is 0.614. The van der Waals surface area contributed by atoms with Gasteiger partial charge in [0.05, 0.1) is 17.8 Å². The third-order valence-electron chi connectivity index (χ3n) is 3.99. The largest absolute Gasteiger partial charge is 0.480 e. The van der Waals surface area contributed by atoms with Crippen LogP contribution in [0.2, 0.25) is 0 Å². The first-order chi connectivity index (χ1) is 9.78. The fourth-order valence-electron chi connectivity index (χ4n) is 2.76. The molecule has 2 fully saturated rings. The van der Waals surface area contributed by atoms with Gasteiger partial charge in [-0.25, -0.2) is 4.98 Å². The number of ether oxygens (including phenoxy) is 1. The molecule has 1 aliphatic heterocycles. The van der Waals surface area contributed by atoms with Gasteiger partial charge in [-0.3, -0.25) is 0 Å². The van der Waals surface area contributed by atoms with Crippen molar-refractivity contribution in [3.63, 3.8) is 0 Å². The van der Waals surface area contributed by atoms with E-state index in [1.807, 2.05) is 0 Å². The molecule has 2 heterocycles. The van der Waals surface area contributed by atoms with E-state index in [1.54, 1.807) is 13.3 Å². The summed E-state index contributed by atoms with van der Waals surface area (Å²) in [7, 11) is 1.64. The SMILES string of the molecule is COc1nc(N(CC2CCCNC2)C2CC2)ncc1Br. The Morgan fingerprint density at radius 1 is 1.45 bits per heavy atom. The fourth-order valence-corrected chi connectivity index (χ4v) is 3.12. The zero-order valence-corrected chi connectivity index (χ0v) is 13.4. The molecule has 0 aromatic carbocycles. The highest BCUT2D eigenvalue weighted by atomic mass is 79.9. The van der Waals surface area contributed by atoms with Gasteiger partial charge in [0, 0.05) is 12.6 Å². The van der Waals surface area contributed by atoms with Crippen molar-refractivity contribution < 1.29 is 4.74 Å². The van der Waals surface area contributed by atoms with Gasteiger partial charge in [0.2, 0.25) is 11.8 Å². The van der Waals surface area contributed by atoms with Gasteiger partial charge in [0.15, 0.2) is 0 Å². The lowest BCUT2D eigenvalue weighted by molar-refractivity contribution is 0.371. The minimum atomic E-state index is 0.613. The molecule has 0 spiro atoms. The molecular weight excluding hydrogens is 320 g/mol. The van der Waals surface area contributed by atoms with Crippen LogP contribution in [0.4, 0.5) is 5.95 Å². The maximum atomic E-state index is 5.29. The highest BCUT2D eigenvalue weighted by molar-refractivity contribution is 9.10. The molecule has 110 valence electrons. The summed E-state index contributed by atoms with van der Waals surface area (Å²) in [5.41, 5.74) is 0. The van der Waals surface area contributed by atoms with Gasteiger partial charge in [-0.2, -0.15) is 4.98 Å². The van der Waals surface area contributed by atoms with E-state index in [-0.39, 0.29) is 0 Å². The molecule has 1 atom stereocenters. The predicted octanol–water partition coefficient (Wildman–Crippen LogP) is 2.22. The van der Waals surface area contributed by atoms with E-state index in [0.29, 0.717) is 17.8 Å². The Balaban J connectivity index is 1.75. The first-order valence-corrected chi connectivity index (χ1v) is 8.11. The molecule has 6 heteroatoms. The maximum Gasteiger partial charge on any atom is 0.232 e. The summed E-state index contributed by atoms with van der Waals surface area (Å²) >= 11 is 3.41. The number of nitrogens with one attached hydrogen (secondary N) is 1. The van der Waals surface area contributed by atoms with Crippen LogP contribution < -0.4 is 15.0 Å². The Kier molecular flexibility index (Phi) is 4.41. The van der Waals surface area contributed by atoms with Crippen molar-refractivity contribution >= 4 is 21.9 Å². The molecule has 1 saturated carbocycles. The van der Waals surface area contributed by atoms with Crippen LogP contribution in [0.25, 0.3) is 0 Å². The Bertz CT molecular complexity index is 460. The summed E-state index contributed by atoms with van der Waals surface area (Å²) in [6.07, 6.45) is 6.86. The van der Waals surface area contributed by atoms with E-state index in [1.165, 1.54) is 25.7 Å². The monoisotopic (exact) mass is 340 g/mol. The van der Waals surface area contributed by atoms with Crippen molar-refractivity contribution in [2.75, 3.05) is 31.6 Å². The lowest BCUT2D eigenvalue weighted by Crippen LogP contribution is -2.40. The number of anilines is 1. The van der Waals surface area contributed by atoms with Crippen molar-refractivity contribution in [2.45, 2.75) is 31.7 Å². The average Bonchev–Trinajstić information content (AvgIpc) is 3.31. The van der Waals surface area contributed by atoms with Crippen LogP contribution in [0.5, 0.6) is 5.88 Å². The summed E-state index contributed by atoms with van der Waals surface area (Å²) in [4.78, 5) is 11.4. The maximum absolute atomic E-state index is 5.29. The summed E-state index contributed by atoms with van der Waals surface area (Å²) in [5.74, 6) is 2.11. The van der Waals surface area contributed by atoms with Gasteiger partial charge in [-0.1, -0.05) is 0 Å². The molecule has 0 amide bonds. The molecule has 1 N–H and O–H groups in total. The van der Waals surface area contributed by atoms with Crippen LogP contribution in [-0.2, 0) is 0 Å². The predicted molar refractivity (Wildman–Crippen MR) is 82.2 cm³/mol. The Morgan fingerprint density at radius 3 is 2.95 bits per heavy atom. The minimum absolute atomic E-state index is 0.613. The van der Waals surface area contributed by atoms with Crippen LogP contribution in [0, 0.1) is 5.92 Å². The van der Waals surface area contributed by atoms with Crippen molar-refractivity contribution in [3.8, 4) is 5.88 Å². The molecular formula is C14H21BrN4O. The Labute approximate surface area is 128 Å². The smallest absolute Gasteiger partial charge is 0.232 e. The molecule has 1 unspecified atom stereocenters. The summed E-state index contributed by atoms with van der Waals surface area (Å²) < 4.78 is 6.09. The van der Waals surface area contributed by atoms with Crippen molar-refractivity contribution in [1.82, 2.24) is 15.3 Å². The highest BCUT2D eigenvalue weighted by Gasteiger charge is 2.33. The summed E-state index contributed by atoms with van der Waals surface area (Å²) in [5, 5.41) is 3.48. The molecule has 0 radical (unpaired) electrons. The average molecular weight is 341 g/mol. The van der Waals surface area contributed by atoms with Gasteiger partial charge in [-0.05, 0) is 60.6 Å². The topological polar surface area (TPSA) is 50.3 Å². The van der Waals surface area contributed by atoms with Crippen molar-refractivity contribution in [1.29, 1.82) is 0 Å². The van der Waals surface area contributed by atoms with Crippen LogP contribution in [-0.4, -0.2) is 42.8 Å². The first-order valence-electron chi connectivity index (χ1n) is 7.32. The number of hydrogen-bond acceptors (Lipinski definition) is 5. The van der Waals surface area contributed by atoms with E-state index in [4.69, 9.17) is 4.74 Å². The zero-order chi connectivity index (χ0) is 13.9. The van der Waals surface area contributed by atoms with Crippen LogP contribution in [0.3, 0.4) is 0 Å². The van der Waals surface area contributed by atoms with Crippen LogP contribution >= 0.6 is 15.9 Å². The van der Waals surface area contributed by atoms with E-state index in [0.717, 1.165) is 30.1 Å². The van der Waals surface area contributed by atoms with E-state index >= 15 is 0 Å². The van der Waals surface area contributed by atoms with Gasteiger partial charge >= 0.3 is 0 Å². The molecule has 20 heavy (non-hydrogen) atoms. The van der Waals surface area contributed by atoms with Crippen molar-refractivity contribution in [2.24, 2.45) is 5.92 Å². The molecule has 0 bridgehead atoms. The molecule has 1 saturated heterocycles. The van der Waals surface area contributed by atoms with E-state index < -0.39 is 0 Å². The van der Waals surface area contributed by atoms with Gasteiger partial charge in [-0.15, -0.1) is 0 Å². The lowest BCUT2D eigenvalue weighted by Gasteiger charge is -2.30. The number of nitrogens with zero attached hydrogens (tertiary/aromatic N) is 3. The summed E-state index contributed by atoms with van der Waals surface area (Å²) in [6.45, 7) is 3.31. The molecule has 1 aromatic heterocycles. The number of rotatable bonds is 5.